The van der Waals surface area contributed by atoms with E-state index in [1.54, 1.807) is 12.1 Å². The molecule has 96 valence electrons. The maximum atomic E-state index is 12.0. The molecule has 0 saturated heterocycles. The maximum absolute atomic E-state index is 12.0. The molecule has 1 aromatic carbocycles. The third kappa shape index (κ3) is 5.96. The van der Waals surface area contributed by atoms with Gasteiger partial charge in [0.15, 0.2) is 0 Å². The fourth-order valence-electron chi connectivity index (χ4n) is 1.43. The quantitative estimate of drug-likeness (QED) is 0.717. The Labute approximate surface area is 107 Å². The Balaban J connectivity index is 2.60. The van der Waals surface area contributed by atoms with Gasteiger partial charge in [0.2, 0.25) is 0 Å². The summed E-state index contributed by atoms with van der Waals surface area (Å²) in [6, 6.07) is 6.12. The van der Waals surface area contributed by atoms with Gasteiger partial charge in [-0.3, -0.25) is 0 Å². The van der Waals surface area contributed by atoms with E-state index in [-0.39, 0.29) is 5.75 Å². The molecule has 0 heterocycles. The van der Waals surface area contributed by atoms with Gasteiger partial charge in [-0.1, -0.05) is 35.0 Å². The molecule has 1 aromatic rings. The SMILES string of the molecule is CCC(Br)CCc1cccc(OC(F)(F)F)c1. The zero-order valence-corrected chi connectivity index (χ0v) is 11.0. The van der Waals surface area contributed by atoms with Crippen LogP contribution in [-0.2, 0) is 6.42 Å². The molecule has 0 spiro atoms. The van der Waals surface area contributed by atoms with Gasteiger partial charge in [-0.05, 0) is 37.0 Å². The van der Waals surface area contributed by atoms with Crippen LogP contribution in [0, 0.1) is 0 Å². The molecule has 0 N–H and O–H groups in total. The summed E-state index contributed by atoms with van der Waals surface area (Å²) < 4.78 is 39.9. The van der Waals surface area contributed by atoms with Crippen molar-refractivity contribution in [3.05, 3.63) is 29.8 Å². The molecule has 0 aliphatic heterocycles. The number of halogens is 4. The van der Waals surface area contributed by atoms with Crippen LogP contribution in [0.4, 0.5) is 13.2 Å². The van der Waals surface area contributed by atoms with E-state index in [9.17, 15) is 13.2 Å². The normalized spacial score (nSPS) is 13.5. The van der Waals surface area contributed by atoms with Crippen molar-refractivity contribution >= 4 is 15.9 Å². The second-order valence-electron chi connectivity index (χ2n) is 3.74. The topological polar surface area (TPSA) is 9.23 Å². The molecular formula is C12H14BrF3O. The van der Waals surface area contributed by atoms with E-state index in [0.29, 0.717) is 4.83 Å². The Bertz CT molecular complexity index is 352. The van der Waals surface area contributed by atoms with Gasteiger partial charge in [0, 0.05) is 4.83 Å². The maximum Gasteiger partial charge on any atom is 0.573 e. The van der Waals surface area contributed by atoms with Gasteiger partial charge in [-0.2, -0.15) is 0 Å². The number of hydrogen-bond donors (Lipinski definition) is 0. The van der Waals surface area contributed by atoms with Crippen molar-refractivity contribution in [2.75, 3.05) is 0 Å². The molecule has 0 aromatic heterocycles. The number of benzene rings is 1. The first-order chi connectivity index (χ1) is 7.90. The van der Waals surface area contributed by atoms with Crippen LogP contribution < -0.4 is 4.74 Å². The van der Waals surface area contributed by atoms with Crippen LogP contribution in [0.15, 0.2) is 24.3 Å². The van der Waals surface area contributed by atoms with E-state index in [2.05, 4.69) is 27.6 Å². The van der Waals surface area contributed by atoms with E-state index in [0.717, 1.165) is 24.8 Å². The highest BCUT2D eigenvalue weighted by molar-refractivity contribution is 9.09. The summed E-state index contributed by atoms with van der Waals surface area (Å²) in [5, 5.41) is 0. The summed E-state index contributed by atoms with van der Waals surface area (Å²) in [4.78, 5) is 0.398. The molecule has 0 bridgehead atoms. The van der Waals surface area contributed by atoms with E-state index >= 15 is 0 Å². The van der Waals surface area contributed by atoms with E-state index in [1.165, 1.54) is 12.1 Å². The lowest BCUT2D eigenvalue weighted by atomic mass is 10.1. The van der Waals surface area contributed by atoms with Crippen molar-refractivity contribution in [1.29, 1.82) is 0 Å². The minimum Gasteiger partial charge on any atom is -0.406 e. The van der Waals surface area contributed by atoms with Gasteiger partial charge in [0.25, 0.3) is 0 Å². The Hall–Kier alpha value is -0.710. The lowest BCUT2D eigenvalue weighted by molar-refractivity contribution is -0.274. The minimum absolute atomic E-state index is 0.155. The molecule has 1 atom stereocenters. The lowest BCUT2D eigenvalue weighted by Gasteiger charge is -2.11. The van der Waals surface area contributed by atoms with Gasteiger partial charge in [0.05, 0.1) is 0 Å². The van der Waals surface area contributed by atoms with Gasteiger partial charge >= 0.3 is 6.36 Å². The molecule has 1 nitrogen and oxygen atoms in total. The number of rotatable bonds is 5. The Morgan fingerprint density at radius 2 is 2.06 bits per heavy atom. The van der Waals surface area contributed by atoms with Crippen molar-refractivity contribution in [2.24, 2.45) is 0 Å². The molecule has 0 aliphatic carbocycles. The standard InChI is InChI=1S/C12H14BrF3O/c1-2-10(13)7-6-9-4-3-5-11(8-9)17-12(14,15)16/h3-5,8,10H,2,6-7H2,1H3. The third-order valence-corrected chi connectivity index (χ3v) is 3.43. The summed E-state index contributed by atoms with van der Waals surface area (Å²) in [6.07, 6.45) is -2.00. The average molecular weight is 311 g/mol. The molecule has 5 heteroatoms. The Kier molecular flexibility index (Phi) is 5.31. The molecular weight excluding hydrogens is 297 g/mol. The first-order valence-electron chi connectivity index (χ1n) is 5.39. The smallest absolute Gasteiger partial charge is 0.406 e. The summed E-state index contributed by atoms with van der Waals surface area (Å²) in [5.74, 6) is -0.155. The van der Waals surface area contributed by atoms with Crippen molar-refractivity contribution in [3.63, 3.8) is 0 Å². The van der Waals surface area contributed by atoms with Gasteiger partial charge in [-0.25, -0.2) is 0 Å². The van der Waals surface area contributed by atoms with Gasteiger partial charge in [0.1, 0.15) is 5.75 Å². The monoisotopic (exact) mass is 310 g/mol. The molecule has 0 saturated carbocycles. The van der Waals surface area contributed by atoms with Gasteiger partial charge < -0.3 is 4.74 Å². The van der Waals surface area contributed by atoms with Crippen molar-refractivity contribution in [1.82, 2.24) is 0 Å². The fraction of sp³-hybridized carbons (Fsp3) is 0.500. The average Bonchev–Trinajstić information content (AvgIpc) is 2.24. The van der Waals surface area contributed by atoms with E-state index < -0.39 is 6.36 Å². The van der Waals surface area contributed by atoms with Crippen LogP contribution in [0.1, 0.15) is 25.3 Å². The van der Waals surface area contributed by atoms with Crippen molar-refractivity contribution < 1.29 is 17.9 Å². The molecule has 0 amide bonds. The van der Waals surface area contributed by atoms with Crippen LogP contribution in [0.2, 0.25) is 0 Å². The summed E-state index contributed by atoms with van der Waals surface area (Å²) in [5.41, 5.74) is 0.852. The molecule has 0 radical (unpaired) electrons. The zero-order valence-electron chi connectivity index (χ0n) is 9.43. The molecule has 0 aliphatic rings. The first-order valence-corrected chi connectivity index (χ1v) is 6.31. The predicted octanol–water partition coefficient (Wildman–Crippen LogP) is 4.69. The van der Waals surface area contributed by atoms with Crippen LogP contribution in [0.25, 0.3) is 0 Å². The highest BCUT2D eigenvalue weighted by Gasteiger charge is 2.31. The summed E-state index contributed by atoms with van der Waals surface area (Å²) in [7, 11) is 0. The molecule has 17 heavy (non-hydrogen) atoms. The molecule has 1 unspecified atom stereocenters. The zero-order chi connectivity index (χ0) is 12.9. The molecule has 0 fully saturated rings. The highest BCUT2D eigenvalue weighted by atomic mass is 79.9. The summed E-state index contributed by atoms with van der Waals surface area (Å²) >= 11 is 3.49. The van der Waals surface area contributed by atoms with Crippen LogP contribution in [0.5, 0.6) is 5.75 Å². The number of ether oxygens (including phenoxy) is 1. The van der Waals surface area contributed by atoms with E-state index in [1.807, 2.05) is 0 Å². The van der Waals surface area contributed by atoms with Crippen LogP contribution in [-0.4, -0.2) is 11.2 Å². The third-order valence-electron chi connectivity index (χ3n) is 2.32. The number of hydrogen-bond acceptors (Lipinski definition) is 1. The van der Waals surface area contributed by atoms with Crippen LogP contribution >= 0.6 is 15.9 Å². The first kappa shape index (κ1) is 14.4. The predicted molar refractivity (Wildman–Crippen MR) is 64.5 cm³/mol. The van der Waals surface area contributed by atoms with E-state index in [4.69, 9.17) is 0 Å². The van der Waals surface area contributed by atoms with Crippen LogP contribution in [0.3, 0.4) is 0 Å². The minimum atomic E-state index is -4.62. The van der Waals surface area contributed by atoms with Gasteiger partial charge in [-0.15, -0.1) is 13.2 Å². The second-order valence-corrected chi connectivity index (χ2v) is 5.03. The van der Waals surface area contributed by atoms with Crippen molar-refractivity contribution in [3.8, 4) is 5.75 Å². The molecule has 1 rings (SSSR count). The second kappa shape index (κ2) is 6.28. The highest BCUT2D eigenvalue weighted by Crippen LogP contribution is 2.24. The Morgan fingerprint density at radius 1 is 1.35 bits per heavy atom. The Morgan fingerprint density at radius 3 is 2.65 bits per heavy atom. The fourth-order valence-corrected chi connectivity index (χ4v) is 1.65. The summed E-state index contributed by atoms with van der Waals surface area (Å²) in [6.45, 7) is 2.06. The van der Waals surface area contributed by atoms with Crippen molar-refractivity contribution in [2.45, 2.75) is 37.4 Å². The number of aryl methyl sites for hydroxylation is 1. The number of alkyl halides is 4. The lowest BCUT2D eigenvalue weighted by Crippen LogP contribution is -2.17. The largest absolute Gasteiger partial charge is 0.573 e.